The summed E-state index contributed by atoms with van der Waals surface area (Å²) in [4.78, 5) is 21.5. The highest BCUT2D eigenvalue weighted by molar-refractivity contribution is 7.92. The van der Waals surface area contributed by atoms with E-state index < -0.39 is 16.1 Å². The fourth-order valence-corrected chi connectivity index (χ4v) is 6.12. The second-order valence-electron chi connectivity index (χ2n) is 10.1. The zero-order chi connectivity index (χ0) is 28.3. The van der Waals surface area contributed by atoms with Gasteiger partial charge >= 0.3 is 0 Å². The summed E-state index contributed by atoms with van der Waals surface area (Å²) in [6.07, 6.45) is 3.24. The molecule has 0 aliphatic carbocycles. The Labute approximate surface area is 228 Å². The summed E-state index contributed by atoms with van der Waals surface area (Å²) in [5, 5.41) is 13.6. The predicted octanol–water partition coefficient (Wildman–Crippen LogP) is 2.84. The number of ether oxygens (including phenoxy) is 1. The van der Waals surface area contributed by atoms with Crippen LogP contribution in [0.15, 0.2) is 52.1 Å². The van der Waals surface area contributed by atoms with Crippen molar-refractivity contribution in [3.05, 3.63) is 65.3 Å². The summed E-state index contributed by atoms with van der Waals surface area (Å²) in [6, 6.07) is 8.12. The number of pyridine rings is 1. The fraction of sp³-hybridized carbons (Fsp3) is 0.444. The van der Waals surface area contributed by atoms with Crippen molar-refractivity contribution in [3.8, 4) is 5.75 Å². The van der Waals surface area contributed by atoms with Crippen LogP contribution < -0.4 is 9.46 Å². The summed E-state index contributed by atoms with van der Waals surface area (Å²) in [5.74, 6) is 0.125. The van der Waals surface area contributed by atoms with Crippen molar-refractivity contribution >= 4 is 21.6 Å². The highest BCUT2D eigenvalue weighted by atomic mass is 32.2. The van der Waals surface area contributed by atoms with Gasteiger partial charge in [-0.15, -0.1) is 0 Å². The molecule has 0 saturated heterocycles. The topological polar surface area (TPSA) is 138 Å². The van der Waals surface area contributed by atoms with Gasteiger partial charge in [0.1, 0.15) is 17.5 Å². The van der Waals surface area contributed by atoms with Crippen molar-refractivity contribution in [1.29, 1.82) is 0 Å². The van der Waals surface area contributed by atoms with Crippen LogP contribution in [0.1, 0.15) is 41.2 Å². The van der Waals surface area contributed by atoms with Crippen molar-refractivity contribution < 1.29 is 27.6 Å². The molecular weight excluding hydrogens is 522 g/mol. The van der Waals surface area contributed by atoms with Crippen LogP contribution >= 0.6 is 0 Å². The van der Waals surface area contributed by atoms with Crippen LogP contribution in [-0.4, -0.2) is 78.3 Å². The van der Waals surface area contributed by atoms with Gasteiger partial charge in [-0.2, -0.15) is 0 Å². The number of anilines is 1. The van der Waals surface area contributed by atoms with Gasteiger partial charge in [-0.05, 0) is 63.7 Å². The van der Waals surface area contributed by atoms with Crippen LogP contribution in [-0.2, 0) is 16.6 Å². The number of aliphatic hydroxyl groups is 1. The second-order valence-corrected chi connectivity index (χ2v) is 11.8. The maximum atomic E-state index is 13.7. The molecule has 1 aromatic carbocycles. The van der Waals surface area contributed by atoms with E-state index in [0.717, 1.165) is 5.56 Å². The van der Waals surface area contributed by atoms with Gasteiger partial charge in [0.05, 0.1) is 18.2 Å². The van der Waals surface area contributed by atoms with Crippen LogP contribution in [0.2, 0.25) is 0 Å². The number of benzene rings is 1. The average molecular weight is 558 g/mol. The number of sulfonamides is 1. The Balaban J connectivity index is 1.65. The molecular formula is C27H35N5O6S. The number of likely N-dealkylation sites (N-methyl/N-ethyl adjacent to an activating group) is 1. The lowest BCUT2D eigenvalue weighted by atomic mass is 9.99. The summed E-state index contributed by atoms with van der Waals surface area (Å²) in [6.45, 7) is 8.30. The molecule has 0 unspecified atom stereocenters. The molecule has 0 spiro atoms. The largest absolute Gasteiger partial charge is 0.488 e. The number of carbonyl (C=O) groups is 1. The van der Waals surface area contributed by atoms with Gasteiger partial charge in [-0.25, -0.2) is 8.42 Å². The zero-order valence-corrected chi connectivity index (χ0v) is 23.6. The number of carbonyl (C=O) groups excluding carboxylic acids is 1. The van der Waals surface area contributed by atoms with Crippen molar-refractivity contribution in [1.82, 2.24) is 19.9 Å². The molecule has 1 aliphatic heterocycles. The van der Waals surface area contributed by atoms with Gasteiger partial charge in [0.2, 0.25) is 0 Å². The first-order valence-corrected chi connectivity index (χ1v) is 14.2. The SMILES string of the molecule is Cc1noc(C)c1S(=O)(=O)Nc1ccc2c(c1)C(=O)N([C@H](C)CO)C[C@@H](C)[C@@H](CN(C)Cc1ccncc1)O2. The summed E-state index contributed by atoms with van der Waals surface area (Å²) < 4.78 is 40.1. The summed E-state index contributed by atoms with van der Waals surface area (Å²) in [7, 11) is -2.01. The molecule has 11 nitrogen and oxygen atoms in total. The molecule has 3 aromatic rings. The van der Waals surface area contributed by atoms with Crippen LogP contribution in [0.5, 0.6) is 5.75 Å². The normalized spacial score (nSPS) is 18.7. The fourth-order valence-electron chi connectivity index (χ4n) is 4.74. The molecule has 210 valence electrons. The Hall–Kier alpha value is -3.48. The molecule has 12 heteroatoms. The van der Waals surface area contributed by atoms with Gasteiger partial charge in [0.25, 0.3) is 15.9 Å². The number of aromatic nitrogens is 2. The molecule has 39 heavy (non-hydrogen) atoms. The van der Waals surface area contributed by atoms with Crippen LogP contribution in [0.4, 0.5) is 5.69 Å². The van der Waals surface area contributed by atoms with E-state index >= 15 is 0 Å². The molecule has 0 bridgehead atoms. The van der Waals surface area contributed by atoms with E-state index in [1.807, 2.05) is 26.1 Å². The third-order valence-corrected chi connectivity index (χ3v) is 8.47. The molecule has 0 radical (unpaired) electrons. The lowest BCUT2D eigenvalue weighted by molar-refractivity contribution is 0.0341. The minimum Gasteiger partial charge on any atom is -0.488 e. The van der Waals surface area contributed by atoms with Gasteiger partial charge in [0.15, 0.2) is 10.7 Å². The van der Waals surface area contributed by atoms with Gasteiger partial charge in [-0.1, -0.05) is 12.1 Å². The maximum absolute atomic E-state index is 13.7. The van der Waals surface area contributed by atoms with Crippen molar-refractivity contribution in [2.45, 2.75) is 51.3 Å². The summed E-state index contributed by atoms with van der Waals surface area (Å²) >= 11 is 0. The third-order valence-electron chi connectivity index (χ3n) is 6.85. The molecule has 1 amide bonds. The molecule has 1 aliphatic rings. The molecule has 3 atom stereocenters. The molecule has 3 heterocycles. The van der Waals surface area contributed by atoms with Crippen LogP contribution in [0, 0.1) is 19.8 Å². The van der Waals surface area contributed by atoms with Gasteiger partial charge < -0.3 is 19.3 Å². The second kappa shape index (κ2) is 11.7. The van der Waals surface area contributed by atoms with Crippen molar-refractivity contribution in [3.63, 3.8) is 0 Å². The number of nitrogens with one attached hydrogen (secondary N) is 1. The van der Waals surface area contributed by atoms with Crippen LogP contribution in [0.25, 0.3) is 0 Å². The van der Waals surface area contributed by atoms with E-state index in [1.165, 1.54) is 13.0 Å². The van der Waals surface area contributed by atoms with E-state index in [2.05, 4.69) is 19.8 Å². The summed E-state index contributed by atoms with van der Waals surface area (Å²) in [5.41, 5.74) is 1.76. The van der Waals surface area contributed by atoms with E-state index in [0.29, 0.717) is 25.4 Å². The standard InChI is InChI=1S/C27H35N5O6S/c1-17-13-32(18(2)16-33)27(34)23-12-22(30-39(35,36)26-19(3)29-38-20(26)4)6-7-24(23)37-25(17)15-31(5)14-21-8-10-28-11-9-21/h6-12,17-18,25,30,33H,13-16H2,1-5H3/t17-,18-,25-/m1/s1. The highest BCUT2D eigenvalue weighted by Crippen LogP contribution is 2.32. The number of aryl methyl sites for hydroxylation is 2. The van der Waals surface area contributed by atoms with E-state index in [4.69, 9.17) is 9.26 Å². The van der Waals surface area contributed by atoms with Gasteiger partial charge in [0, 0.05) is 43.6 Å². The zero-order valence-electron chi connectivity index (χ0n) is 22.8. The minimum absolute atomic E-state index is 0.0431. The Morgan fingerprint density at radius 1 is 1.23 bits per heavy atom. The number of nitrogens with zero attached hydrogens (tertiary/aromatic N) is 4. The van der Waals surface area contributed by atoms with E-state index in [1.54, 1.807) is 43.3 Å². The maximum Gasteiger partial charge on any atom is 0.267 e. The molecule has 4 rings (SSSR count). The Morgan fingerprint density at radius 2 is 1.95 bits per heavy atom. The van der Waals surface area contributed by atoms with Crippen molar-refractivity contribution in [2.75, 3.05) is 31.5 Å². The number of aliphatic hydroxyl groups excluding tert-OH is 1. The highest BCUT2D eigenvalue weighted by Gasteiger charge is 2.34. The Kier molecular flexibility index (Phi) is 8.57. The number of amides is 1. The molecule has 0 fully saturated rings. The van der Waals surface area contributed by atoms with Crippen molar-refractivity contribution in [2.24, 2.45) is 5.92 Å². The number of hydrogen-bond donors (Lipinski definition) is 2. The number of rotatable bonds is 9. The number of fused-ring (bicyclic) bond motifs is 1. The Bertz CT molecular complexity index is 1390. The van der Waals surface area contributed by atoms with E-state index in [-0.39, 0.29) is 52.1 Å². The predicted molar refractivity (Wildman–Crippen MR) is 145 cm³/mol. The van der Waals surface area contributed by atoms with Crippen LogP contribution in [0.3, 0.4) is 0 Å². The van der Waals surface area contributed by atoms with Gasteiger partial charge in [-0.3, -0.25) is 19.4 Å². The molecule has 2 N–H and O–H groups in total. The lowest BCUT2D eigenvalue weighted by Crippen LogP contribution is -2.49. The number of hydrogen-bond acceptors (Lipinski definition) is 9. The monoisotopic (exact) mass is 557 g/mol. The van der Waals surface area contributed by atoms with E-state index in [9.17, 15) is 18.3 Å². The third kappa shape index (κ3) is 6.40. The Morgan fingerprint density at radius 3 is 2.59 bits per heavy atom. The first kappa shape index (κ1) is 28.5. The average Bonchev–Trinajstić information content (AvgIpc) is 3.25. The lowest BCUT2D eigenvalue weighted by Gasteiger charge is -2.38. The molecule has 0 saturated carbocycles. The smallest absolute Gasteiger partial charge is 0.267 e. The quantitative estimate of drug-likeness (QED) is 0.407. The minimum atomic E-state index is -4.01. The first-order chi connectivity index (χ1) is 18.5. The first-order valence-electron chi connectivity index (χ1n) is 12.8. The molecule has 2 aromatic heterocycles.